The van der Waals surface area contributed by atoms with E-state index in [9.17, 15) is 14.0 Å². The summed E-state index contributed by atoms with van der Waals surface area (Å²) in [4.78, 5) is 31.1. The van der Waals surface area contributed by atoms with E-state index in [1.54, 1.807) is 25.2 Å². The van der Waals surface area contributed by atoms with E-state index in [-0.39, 0.29) is 18.9 Å². The first-order chi connectivity index (χ1) is 18.0. The average molecular weight is 504 g/mol. The van der Waals surface area contributed by atoms with E-state index in [0.717, 1.165) is 36.3 Å². The third kappa shape index (κ3) is 5.62. The second kappa shape index (κ2) is 10.8. The van der Waals surface area contributed by atoms with Crippen molar-refractivity contribution in [2.75, 3.05) is 31.8 Å². The van der Waals surface area contributed by atoms with E-state index in [0.29, 0.717) is 28.5 Å². The minimum absolute atomic E-state index is 0.0377. The molecule has 1 atom stereocenters. The molecule has 0 aliphatic carbocycles. The highest BCUT2D eigenvalue weighted by Crippen LogP contribution is 2.31. The molecule has 1 aromatic carbocycles. The zero-order valence-corrected chi connectivity index (χ0v) is 20.3. The Morgan fingerprint density at radius 1 is 1.27 bits per heavy atom. The third-order valence-electron chi connectivity index (χ3n) is 6.37. The van der Waals surface area contributed by atoms with Gasteiger partial charge < -0.3 is 19.7 Å². The zero-order chi connectivity index (χ0) is 25.8. The number of anilines is 1. The normalized spacial score (nSPS) is 17.7. The molecule has 1 fully saturated rings. The number of nitrogens with one attached hydrogen (secondary N) is 1. The van der Waals surface area contributed by atoms with E-state index < -0.39 is 18.0 Å². The maximum atomic E-state index is 13.8. The van der Waals surface area contributed by atoms with Crippen LogP contribution in [0.3, 0.4) is 0 Å². The van der Waals surface area contributed by atoms with Crippen LogP contribution in [0.5, 0.6) is 5.75 Å². The number of hydrogen-bond acceptors (Lipinski definition) is 6. The number of pyridine rings is 1. The number of hydrogen-bond donors (Lipinski definition) is 1. The van der Waals surface area contributed by atoms with E-state index in [4.69, 9.17) is 9.47 Å². The molecule has 2 aliphatic heterocycles. The Bertz CT molecular complexity index is 1370. The number of carbonyl (C=O) groups excluding carboxylic acids is 2. The number of benzene rings is 1. The summed E-state index contributed by atoms with van der Waals surface area (Å²) in [6.45, 7) is 1.42. The Morgan fingerprint density at radius 2 is 2.11 bits per heavy atom. The number of fused-ring (bicyclic) bond motifs is 1. The number of nitrogens with zero attached hydrogens (tertiary/aromatic N) is 4. The number of carbonyl (C=O) groups is 2. The minimum atomic E-state index is -0.926. The molecule has 4 heterocycles. The van der Waals surface area contributed by atoms with Gasteiger partial charge in [-0.15, -0.1) is 0 Å². The van der Waals surface area contributed by atoms with Crippen LogP contribution >= 0.6 is 0 Å². The molecule has 0 saturated carbocycles. The van der Waals surface area contributed by atoms with Gasteiger partial charge in [0.05, 0.1) is 11.9 Å². The van der Waals surface area contributed by atoms with Gasteiger partial charge in [-0.3, -0.25) is 4.79 Å². The predicted molar refractivity (Wildman–Crippen MR) is 133 cm³/mol. The van der Waals surface area contributed by atoms with Crippen molar-refractivity contribution in [3.63, 3.8) is 0 Å². The van der Waals surface area contributed by atoms with Crippen molar-refractivity contribution in [3.05, 3.63) is 71.6 Å². The van der Waals surface area contributed by atoms with Gasteiger partial charge in [0, 0.05) is 56.1 Å². The van der Waals surface area contributed by atoms with Crippen molar-refractivity contribution in [2.45, 2.75) is 25.3 Å². The van der Waals surface area contributed by atoms with Crippen LogP contribution in [0.2, 0.25) is 0 Å². The highest BCUT2D eigenvalue weighted by Gasteiger charge is 2.31. The van der Waals surface area contributed by atoms with Crippen LogP contribution in [0.25, 0.3) is 0 Å². The van der Waals surface area contributed by atoms with Gasteiger partial charge in [-0.1, -0.05) is 17.9 Å². The van der Waals surface area contributed by atoms with E-state index in [1.807, 2.05) is 12.1 Å². The lowest BCUT2D eigenvalue weighted by atomic mass is 10.0. The molecule has 190 valence electrons. The van der Waals surface area contributed by atoms with Gasteiger partial charge in [0.15, 0.2) is 0 Å². The van der Waals surface area contributed by atoms with Gasteiger partial charge in [-0.25, -0.2) is 9.78 Å². The minimum Gasteiger partial charge on any atom is -0.489 e. The second-order valence-corrected chi connectivity index (χ2v) is 8.97. The smallest absolute Gasteiger partial charge is 0.342 e. The standard InChI is InChI=1S/C27H26FN5O4/c1-32-23-14-19(5-4-18-8-11-36-12-9-18)6-7-24(23)37-17-22(26(32)34)31-27(35)33-16-20(15-30-33)13-21-3-2-10-29-25(21)28/h2-3,6-7,10,14-16,18,22H,8-9,11-13,17H2,1H3,(H,31,35)/t22-/m0/s1. The Morgan fingerprint density at radius 3 is 2.92 bits per heavy atom. The maximum absolute atomic E-state index is 13.8. The molecule has 37 heavy (non-hydrogen) atoms. The van der Waals surface area contributed by atoms with E-state index in [2.05, 4.69) is 27.2 Å². The summed E-state index contributed by atoms with van der Waals surface area (Å²) in [5.74, 6) is 6.43. The summed E-state index contributed by atoms with van der Waals surface area (Å²) in [6.07, 6.45) is 6.40. The van der Waals surface area contributed by atoms with Crippen molar-refractivity contribution in [1.29, 1.82) is 0 Å². The fraction of sp³-hybridized carbons (Fsp3) is 0.333. The highest BCUT2D eigenvalue weighted by atomic mass is 19.1. The Hall–Kier alpha value is -4.23. The number of amides is 2. The molecule has 3 aromatic rings. The molecular weight excluding hydrogens is 477 g/mol. The summed E-state index contributed by atoms with van der Waals surface area (Å²) in [5.41, 5.74) is 2.39. The first kappa shape index (κ1) is 24.5. The predicted octanol–water partition coefficient (Wildman–Crippen LogP) is 2.77. The molecule has 9 nitrogen and oxygen atoms in total. The van der Waals surface area contributed by atoms with E-state index >= 15 is 0 Å². The van der Waals surface area contributed by atoms with Gasteiger partial charge in [-0.2, -0.15) is 14.2 Å². The third-order valence-corrected chi connectivity index (χ3v) is 6.37. The van der Waals surface area contributed by atoms with Gasteiger partial charge in [-0.05, 0) is 42.7 Å². The molecule has 2 aliphatic rings. The maximum Gasteiger partial charge on any atom is 0.342 e. The molecular formula is C27H26FN5O4. The summed E-state index contributed by atoms with van der Waals surface area (Å²) in [6, 6.07) is 7.21. The summed E-state index contributed by atoms with van der Waals surface area (Å²) >= 11 is 0. The Kier molecular flexibility index (Phi) is 7.14. The Balaban J connectivity index is 1.25. The van der Waals surface area contributed by atoms with Crippen molar-refractivity contribution < 1.29 is 23.5 Å². The number of halogens is 1. The molecule has 2 aromatic heterocycles. The van der Waals surface area contributed by atoms with Crippen LogP contribution in [0.15, 0.2) is 48.9 Å². The average Bonchev–Trinajstić information content (AvgIpc) is 3.36. The molecule has 0 radical (unpaired) electrons. The molecule has 1 N–H and O–H groups in total. The van der Waals surface area contributed by atoms with Crippen LogP contribution in [0.4, 0.5) is 14.9 Å². The van der Waals surface area contributed by atoms with Gasteiger partial charge in [0.25, 0.3) is 5.91 Å². The van der Waals surface area contributed by atoms with Crippen LogP contribution in [0.1, 0.15) is 29.5 Å². The molecule has 0 bridgehead atoms. The van der Waals surface area contributed by atoms with Gasteiger partial charge >= 0.3 is 6.03 Å². The lowest BCUT2D eigenvalue weighted by Gasteiger charge is -2.20. The van der Waals surface area contributed by atoms with E-state index in [1.165, 1.54) is 23.5 Å². The fourth-order valence-corrected chi connectivity index (χ4v) is 4.26. The molecule has 10 heteroatoms. The van der Waals surface area contributed by atoms with Crippen molar-refractivity contribution in [2.24, 2.45) is 5.92 Å². The van der Waals surface area contributed by atoms with Gasteiger partial charge in [0.2, 0.25) is 5.95 Å². The van der Waals surface area contributed by atoms with Gasteiger partial charge in [0.1, 0.15) is 18.4 Å². The number of likely N-dealkylation sites (N-methyl/N-ethyl adjacent to an activating group) is 1. The monoisotopic (exact) mass is 503 g/mol. The van der Waals surface area contributed by atoms with Crippen LogP contribution in [-0.4, -0.2) is 59.6 Å². The number of rotatable bonds is 3. The number of ether oxygens (including phenoxy) is 2. The molecule has 2 amide bonds. The Labute approximate surface area is 213 Å². The molecule has 0 spiro atoms. The van der Waals surface area contributed by atoms with Crippen molar-refractivity contribution >= 4 is 17.6 Å². The zero-order valence-electron chi connectivity index (χ0n) is 20.3. The second-order valence-electron chi connectivity index (χ2n) is 8.97. The van der Waals surface area contributed by atoms with Crippen LogP contribution < -0.4 is 15.0 Å². The highest BCUT2D eigenvalue weighted by molar-refractivity contribution is 6.00. The first-order valence-corrected chi connectivity index (χ1v) is 12.1. The van der Waals surface area contributed by atoms with Crippen LogP contribution in [0, 0.1) is 23.7 Å². The lowest BCUT2D eigenvalue weighted by Crippen LogP contribution is -2.50. The van der Waals surface area contributed by atoms with Crippen molar-refractivity contribution in [1.82, 2.24) is 20.1 Å². The summed E-state index contributed by atoms with van der Waals surface area (Å²) < 4.78 is 26.2. The SMILES string of the molecule is CN1C(=O)[C@@H](NC(=O)n2cc(Cc3cccnc3F)cn2)COc2ccc(C#CC3CCOCC3)cc21. The topological polar surface area (TPSA) is 98.6 Å². The molecule has 0 unspecified atom stereocenters. The molecule has 1 saturated heterocycles. The molecule has 5 rings (SSSR count). The largest absolute Gasteiger partial charge is 0.489 e. The van der Waals surface area contributed by atoms with Crippen LogP contribution in [-0.2, 0) is 16.0 Å². The fourth-order valence-electron chi connectivity index (χ4n) is 4.26. The first-order valence-electron chi connectivity index (χ1n) is 12.1. The quantitative estimate of drug-likeness (QED) is 0.436. The number of aromatic nitrogens is 3. The summed E-state index contributed by atoms with van der Waals surface area (Å²) in [5, 5.41) is 6.74. The van der Waals surface area contributed by atoms with Crippen molar-refractivity contribution in [3.8, 4) is 17.6 Å². The summed E-state index contributed by atoms with van der Waals surface area (Å²) in [7, 11) is 1.64. The lowest BCUT2D eigenvalue weighted by molar-refractivity contribution is -0.120.